The molecule has 0 aromatic rings. The maximum absolute atomic E-state index is 10.6. The molecule has 0 amide bonds. The van der Waals surface area contributed by atoms with E-state index in [0.717, 1.165) is 0 Å². The van der Waals surface area contributed by atoms with E-state index in [1.807, 2.05) is 0 Å². The molecule has 1 fully saturated rings. The molecule has 1 aliphatic rings. The molecular weight excluding hydrogens is 328 g/mol. The lowest BCUT2D eigenvalue weighted by Crippen LogP contribution is -2.61. The van der Waals surface area contributed by atoms with Crippen LogP contribution in [0.15, 0.2) is 12.7 Å². The third-order valence-corrected chi connectivity index (χ3v) is 9.49. The van der Waals surface area contributed by atoms with Crippen LogP contribution in [0.4, 0.5) is 0 Å². The highest BCUT2D eigenvalue weighted by atomic mass is 28.4. The maximum atomic E-state index is 10.6. The fraction of sp³-hybridized carbons (Fsp3) is 0.882. The van der Waals surface area contributed by atoms with Gasteiger partial charge in [-0.05, 0) is 25.1 Å². The van der Waals surface area contributed by atoms with Gasteiger partial charge in [-0.2, -0.15) is 0 Å². The Morgan fingerprint density at radius 2 is 1.83 bits per heavy atom. The molecule has 0 bridgehead atoms. The van der Waals surface area contributed by atoms with Crippen LogP contribution >= 0.6 is 0 Å². The van der Waals surface area contributed by atoms with E-state index in [1.54, 1.807) is 13.0 Å². The van der Waals surface area contributed by atoms with Crippen LogP contribution < -0.4 is 0 Å². The van der Waals surface area contributed by atoms with Gasteiger partial charge in [0, 0.05) is 7.11 Å². The van der Waals surface area contributed by atoms with Crippen molar-refractivity contribution in [2.45, 2.75) is 82.6 Å². The molecule has 0 aliphatic carbocycles. The lowest BCUT2D eigenvalue weighted by molar-refractivity contribution is -0.303. The molecule has 7 heteroatoms. The number of methoxy groups -OCH3 is 1. The van der Waals surface area contributed by atoms with Gasteiger partial charge >= 0.3 is 0 Å². The quantitative estimate of drug-likeness (QED) is 0.533. The molecule has 6 nitrogen and oxygen atoms in total. The molecule has 1 rings (SSSR count). The largest absolute Gasteiger partial charge is 0.414 e. The summed E-state index contributed by atoms with van der Waals surface area (Å²) in [6.07, 6.45) is -3.13. The van der Waals surface area contributed by atoms with Crippen LogP contribution in [0.3, 0.4) is 0 Å². The fourth-order valence-electron chi connectivity index (χ4n) is 2.21. The van der Waals surface area contributed by atoms with Gasteiger partial charge < -0.3 is 28.8 Å². The van der Waals surface area contributed by atoms with Crippen LogP contribution in [0.25, 0.3) is 0 Å². The first-order valence-corrected chi connectivity index (χ1v) is 11.3. The average molecular weight is 363 g/mol. The Hall–Kier alpha value is -0.283. The molecular formula is C17H34O6Si. The Morgan fingerprint density at radius 3 is 2.29 bits per heavy atom. The predicted octanol–water partition coefficient (Wildman–Crippen LogP) is 2.06. The third kappa shape index (κ3) is 5.11. The minimum absolute atomic E-state index is 0.0556. The normalized spacial score (nSPS) is 33.3. The first-order chi connectivity index (χ1) is 10.9. The Balaban J connectivity index is 2.84. The molecule has 0 spiro atoms. The molecule has 0 aromatic heterocycles. The first-order valence-electron chi connectivity index (χ1n) is 8.41. The fourth-order valence-corrected chi connectivity index (χ4v) is 3.22. The number of rotatable bonds is 7. The van der Waals surface area contributed by atoms with Gasteiger partial charge in [0.05, 0.1) is 12.7 Å². The SMILES string of the molecule is C=C[C@H](C)O[C@@H]1[C@H](O)[C@@H](OC)O[C@H](CO[Si](C)(C)C(C)(C)C)[C@H]1O. The summed E-state index contributed by atoms with van der Waals surface area (Å²) in [6, 6.07) is 0. The lowest BCUT2D eigenvalue weighted by Gasteiger charge is -2.44. The zero-order valence-corrected chi connectivity index (χ0v) is 17.0. The highest BCUT2D eigenvalue weighted by Crippen LogP contribution is 2.37. The summed E-state index contributed by atoms with van der Waals surface area (Å²) in [6.45, 7) is 16.4. The molecule has 0 radical (unpaired) electrons. The lowest BCUT2D eigenvalue weighted by atomic mass is 9.99. The summed E-state index contributed by atoms with van der Waals surface area (Å²) in [5.74, 6) is 0. The third-order valence-electron chi connectivity index (χ3n) is 4.99. The Kier molecular flexibility index (Phi) is 7.61. The van der Waals surface area contributed by atoms with Crippen molar-refractivity contribution in [1.29, 1.82) is 0 Å². The molecule has 24 heavy (non-hydrogen) atoms. The van der Waals surface area contributed by atoms with Gasteiger partial charge in [0.1, 0.15) is 24.4 Å². The van der Waals surface area contributed by atoms with Gasteiger partial charge in [0.15, 0.2) is 14.6 Å². The van der Waals surface area contributed by atoms with Gasteiger partial charge in [0.25, 0.3) is 0 Å². The second-order valence-electron chi connectivity index (χ2n) is 7.87. The van der Waals surface area contributed by atoms with E-state index in [9.17, 15) is 10.2 Å². The van der Waals surface area contributed by atoms with Crippen molar-refractivity contribution < 1.29 is 28.8 Å². The average Bonchev–Trinajstić information content (AvgIpc) is 2.49. The topological polar surface area (TPSA) is 77.4 Å². The van der Waals surface area contributed by atoms with Gasteiger partial charge in [-0.15, -0.1) is 6.58 Å². The molecule has 0 saturated carbocycles. The predicted molar refractivity (Wildman–Crippen MR) is 95.4 cm³/mol. The van der Waals surface area contributed by atoms with E-state index < -0.39 is 39.0 Å². The number of ether oxygens (including phenoxy) is 3. The Bertz CT molecular complexity index is 408. The van der Waals surface area contributed by atoms with Crippen molar-refractivity contribution in [1.82, 2.24) is 0 Å². The first kappa shape index (κ1) is 21.8. The highest BCUT2D eigenvalue weighted by molar-refractivity contribution is 6.74. The van der Waals surface area contributed by atoms with Crippen LogP contribution in [-0.2, 0) is 18.6 Å². The minimum atomic E-state index is -1.98. The second-order valence-corrected chi connectivity index (χ2v) is 12.7. The van der Waals surface area contributed by atoms with Crippen molar-refractivity contribution in [3.63, 3.8) is 0 Å². The summed E-state index contributed by atoms with van der Waals surface area (Å²) < 4.78 is 22.7. The van der Waals surface area contributed by atoms with E-state index in [2.05, 4.69) is 40.4 Å². The van der Waals surface area contributed by atoms with Crippen LogP contribution in [0.5, 0.6) is 0 Å². The number of aliphatic hydroxyl groups is 2. The summed E-state index contributed by atoms with van der Waals surface area (Å²) in [4.78, 5) is 0. The summed E-state index contributed by atoms with van der Waals surface area (Å²) in [7, 11) is -0.530. The smallest absolute Gasteiger partial charge is 0.192 e. The minimum Gasteiger partial charge on any atom is -0.414 e. The van der Waals surface area contributed by atoms with E-state index in [-0.39, 0.29) is 17.7 Å². The van der Waals surface area contributed by atoms with Crippen LogP contribution in [0.1, 0.15) is 27.7 Å². The van der Waals surface area contributed by atoms with Crippen molar-refractivity contribution in [3.05, 3.63) is 12.7 Å². The van der Waals surface area contributed by atoms with E-state index >= 15 is 0 Å². The summed E-state index contributed by atoms with van der Waals surface area (Å²) >= 11 is 0. The van der Waals surface area contributed by atoms with E-state index in [0.29, 0.717) is 0 Å². The van der Waals surface area contributed by atoms with Gasteiger partial charge in [-0.3, -0.25) is 0 Å². The Labute approximate surface area is 146 Å². The Morgan fingerprint density at radius 1 is 1.25 bits per heavy atom. The van der Waals surface area contributed by atoms with Crippen LogP contribution in [-0.4, -0.2) is 69.1 Å². The highest BCUT2D eigenvalue weighted by Gasteiger charge is 2.47. The molecule has 6 atom stereocenters. The zero-order valence-electron chi connectivity index (χ0n) is 16.0. The summed E-state index contributed by atoms with van der Waals surface area (Å²) in [5, 5.41) is 21.0. The standard InChI is InChI=1S/C17H34O6Si/c1-9-11(2)22-15-13(18)12(23-16(20-6)14(15)19)10-21-24(7,8)17(3,4)5/h9,11-16,18-19H,1,10H2,2-8H3/t11-,12+,13+,14-,15-,16-/m0/s1. The second kappa shape index (κ2) is 8.40. The molecule has 1 heterocycles. The van der Waals surface area contributed by atoms with Gasteiger partial charge in [-0.1, -0.05) is 26.8 Å². The van der Waals surface area contributed by atoms with Crippen molar-refractivity contribution in [2.75, 3.05) is 13.7 Å². The molecule has 0 unspecified atom stereocenters. The van der Waals surface area contributed by atoms with Crippen molar-refractivity contribution >= 4 is 8.32 Å². The van der Waals surface area contributed by atoms with Crippen LogP contribution in [0.2, 0.25) is 18.1 Å². The molecule has 0 aromatic carbocycles. The monoisotopic (exact) mass is 362 g/mol. The van der Waals surface area contributed by atoms with Crippen LogP contribution in [0, 0.1) is 0 Å². The van der Waals surface area contributed by atoms with Gasteiger partial charge in [0.2, 0.25) is 0 Å². The summed E-state index contributed by atoms with van der Waals surface area (Å²) in [5.41, 5.74) is 0. The van der Waals surface area contributed by atoms with Crippen molar-refractivity contribution in [3.8, 4) is 0 Å². The van der Waals surface area contributed by atoms with E-state index in [4.69, 9.17) is 18.6 Å². The van der Waals surface area contributed by atoms with Crippen molar-refractivity contribution in [2.24, 2.45) is 0 Å². The molecule has 1 saturated heterocycles. The van der Waals surface area contributed by atoms with Gasteiger partial charge in [-0.25, -0.2) is 0 Å². The number of hydrogen-bond acceptors (Lipinski definition) is 6. The molecule has 2 N–H and O–H groups in total. The number of hydrogen-bond donors (Lipinski definition) is 2. The number of aliphatic hydroxyl groups excluding tert-OH is 2. The van der Waals surface area contributed by atoms with E-state index in [1.165, 1.54) is 7.11 Å². The molecule has 1 aliphatic heterocycles. The molecule has 142 valence electrons. The zero-order chi connectivity index (χ0) is 18.7. The maximum Gasteiger partial charge on any atom is 0.192 e.